The highest BCUT2D eigenvalue weighted by Crippen LogP contribution is 2.57. The number of amides is 1. The topological polar surface area (TPSA) is 49.8 Å². The number of carbonyl (C=O) groups is 1. The van der Waals surface area contributed by atoms with Crippen LogP contribution in [0.2, 0.25) is 0 Å². The summed E-state index contributed by atoms with van der Waals surface area (Å²) in [4.78, 5) is 14.2. The van der Waals surface area contributed by atoms with Crippen molar-refractivity contribution in [3.8, 4) is 5.75 Å². The van der Waals surface area contributed by atoms with Gasteiger partial charge in [-0.1, -0.05) is 28.0 Å². The third-order valence-corrected chi connectivity index (χ3v) is 6.37. The van der Waals surface area contributed by atoms with Crippen LogP contribution < -0.4 is 4.18 Å². The molecule has 0 unspecified atom stereocenters. The minimum atomic E-state index is -1.65. The van der Waals surface area contributed by atoms with Gasteiger partial charge in [-0.15, -0.1) is 0 Å². The molecule has 1 aromatic rings. The summed E-state index contributed by atoms with van der Waals surface area (Å²) >= 11 is 0. The molecule has 2 atom stereocenters. The molecule has 0 spiro atoms. The second kappa shape index (κ2) is 5.21. The zero-order valence-corrected chi connectivity index (χ0v) is 13.7. The van der Waals surface area contributed by atoms with Crippen LogP contribution in [0.3, 0.4) is 0 Å². The zero-order valence-electron chi connectivity index (χ0n) is 12.8. The fraction of sp³-hybridized carbons (Fsp3) is 0.562. The van der Waals surface area contributed by atoms with Gasteiger partial charge < -0.3 is 14.2 Å². The smallest absolute Gasteiger partial charge is 0.223 e. The number of hydrogen-bond donors (Lipinski definition) is 1. The Kier molecular flexibility index (Phi) is 3.66. The molecule has 0 bridgehead atoms. The number of fused-ring (bicyclic) bond motifs is 1. The predicted molar refractivity (Wildman–Crippen MR) is 85.6 cm³/mol. The molecule has 2 heterocycles. The van der Waals surface area contributed by atoms with E-state index >= 15 is 0 Å². The van der Waals surface area contributed by atoms with Gasteiger partial charge in [-0.2, -0.15) is 0 Å². The number of rotatable bonds is 1. The van der Waals surface area contributed by atoms with E-state index < -0.39 is 15.7 Å². The minimum Gasteiger partial charge on any atom is -0.447 e. The Bertz CT molecular complexity index is 573. The third-order valence-electron chi connectivity index (χ3n) is 4.34. The van der Waals surface area contributed by atoms with Crippen LogP contribution in [0.4, 0.5) is 0 Å². The van der Waals surface area contributed by atoms with E-state index in [9.17, 15) is 9.90 Å². The van der Waals surface area contributed by atoms with Crippen LogP contribution in [-0.2, 0) is 4.79 Å². The second-order valence-electron chi connectivity index (χ2n) is 6.31. The van der Waals surface area contributed by atoms with Crippen molar-refractivity contribution in [1.29, 1.82) is 0 Å². The molecule has 0 radical (unpaired) electrons. The molecule has 2 aliphatic rings. The van der Waals surface area contributed by atoms with Gasteiger partial charge in [-0.05, 0) is 38.3 Å². The number of aliphatic hydroxyl groups is 1. The van der Waals surface area contributed by atoms with Gasteiger partial charge in [0, 0.05) is 18.5 Å². The fourth-order valence-corrected chi connectivity index (χ4v) is 4.79. The largest absolute Gasteiger partial charge is 0.447 e. The molecule has 1 N–H and O–H groups in total. The highest BCUT2D eigenvalue weighted by Gasteiger charge is 2.44. The minimum absolute atomic E-state index is 0.148. The number of likely N-dealkylation sites (tertiary alicyclic amines) is 1. The zero-order chi connectivity index (χ0) is 15.2. The SMILES string of the molecule is Cc1ccc2c(c1)[C@H](N1CCCCC1=O)[C@@H](O)S(C)(C)O2. The van der Waals surface area contributed by atoms with Crippen molar-refractivity contribution in [1.82, 2.24) is 4.90 Å². The lowest BCUT2D eigenvalue weighted by Crippen LogP contribution is -2.47. The summed E-state index contributed by atoms with van der Waals surface area (Å²) in [5.74, 6) is 0.962. The van der Waals surface area contributed by atoms with E-state index in [0.717, 1.165) is 36.3 Å². The number of nitrogens with zero attached hydrogens (tertiary/aromatic N) is 1. The van der Waals surface area contributed by atoms with E-state index in [4.69, 9.17) is 4.18 Å². The molecular weight excluding hydrogens is 286 g/mol. The Morgan fingerprint density at radius 3 is 2.81 bits per heavy atom. The van der Waals surface area contributed by atoms with Gasteiger partial charge in [0.1, 0.15) is 11.2 Å². The van der Waals surface area contributed by atoms with Gasteiger partial charge in [0.2, 0.25) is 5.91 Å². The molecule has 1 aromatic carbocycles. The highest BCUT2D eigenvalue weighted by molar-refractivity contribution is 8.29. The average molecular weight is 309 g/mol. The van der Waals surface area contributed by atoms with Crippen molar-refractivity contribution in [2.45, 2.75) is 37.7 Å². The maximum atomic E-state index is 12.3. The molecule has 1 amide bonds. The normalized spacial score (nSPS) is 29.5. The highest BCUT2D eigenvalue weighted by atomic mass is 32.3. The number of hydrogen-bond acceptors (Lipinski definition) is 3. The Morgan fingerprint density at radius 1 is 1.33 bits per heavy atom. The summed E-state index contributed by atoms with van der Waals surface area (Å²) in [5, 5.41) is 10.8. The van der Waals surface area contributed by atoms with E-state index in [1.807, 2.05) is 42.5 Å². The molecule has 21 heavy (non-hydrogen) atoms. The first kappa shape index (κ1) is 14.7. The molecule has 0 aliphatic carbocycles. The second-order valence-corrected chi connectivity index (χ2v) is 9.58. The van der Waals surface area contributed by atoms with Crippen LogP contribution in [0.15, 0.2) is 18.2 Å². The van der Waals surface area contributed by atoms with Gasteiger partial charge in [-0.25, -0.2) is 0 Å². The summed E-state index contributed by atoms with van der Waals surface area (Å²) in [5.41, 5.74) is 1.42. The van der Waals surface area contributed by atoms with Crippen LogP contribution in [0, 0.1) is 6.92 Å². The number of aryl methyl sites for hydroxylation is 1. The summed E-state index contributed by atoms with van der Waals surface area (Å²) in [6, 6.07) is 5.75. The summed E-state index contributed by atoms with van der Waals surface area (Å²) < 4.78 is 6.04. The Morgan fingerprint density at radius 2 is 2.10 bits per heavy atom. The van der Waals surface area contributed by atoms with E-state index in [2.05, 4.69) is 0 Å². The quantitative estimate of drug-likeness (QED) is 0.868. The number of piperidine rings is 1. The Labute approximate surface area is 127 Å². The standard InChI is InChI=1S/C16H23NO3S/c1-11-7-8-13-12(10-11)15(16(19)21(2,3)20-13)17-9-5-4-6-14(17)18/h7-8,10,15-16,19H,4-6,9H2,1-3H3/t15-,16-/m0/s1. The molecule has 0 saturated carbocycles. The van der Waals surface area contributed by atoms with E-state index in [-0.39, 0.29) is 11.9 Å². The maximum Gasteiger partial charge on any atom is 0.223 e. The Balaban J connectivity index is 2.08. The lowest BCUT2D eigenvalue weighted by atomic mass is 9.99. The number of aliphatic hydroxyl groups excluding tert-OH is 1. The van der Waals surface area contributed by atoms with Gasteiger partial charge >= 0.3 is 0 Å². The Hall–Kier alpha value is -1.20. The molecule has 4 nitrogen and oxygen atoms in total. The van der Waals surface area contributed by atoms with Crippen LogP contribution in [0.1, 0.15) is 36.4 Å². The molecule has 116 valence electrons. The number of carbonyl (C=O) groups excluding carboxylic acids is 1. The van der Waals surface area contributed by atoms with Gasteiger partial charge in [0.25, 0.3) is 0 Å². The van der Waals surface area contributed by atoms with Gasteiger partial charge in [0.15, 0.2) is 0 Å². The molecule has 1 saturated heterocycles. The van der Waals surface area contributed by atoms with Crippen molar-refractivity contribution in [3.63, 3.8) is 0 Å². The molecule has 1 fully saturated rings. The monoisotopic (exact) mass is 309 g/mol. The first-order valence-electron chi connectivity index (χ1n) is 7.40. The van der Waals surface area contributed by atoms with Crippen LogP contribution in [-0.4, -0.2) is 40.4 Å². The van der Waals surface area contributed by atoms with Gasteiger partial charge in [-0.3, -0.25) is 4.79 Å². The van der Waals surface area contributed by atoms with Crippen molar-refractivity contribution >= 4 is 16.2 Å². The van der Waals surface area contributed by atoms with E-state index in [0.29, 0.717) is 6.42 Å². The first-order chi connectivity index (χ1) is 9.90. The number of benzene rings is 1. The summed E-state index contributed by atoms with van der Waals surface area (Å²) in [6.07, 6.45) is 6.46. The molecule has 0 aromatic heterocycles. The van der Waals surface area contributed by atoms with E-state index in [1.54, 1.807) is 0 Å². The van der Waals surface area contributed by atoms with Crippen molar-refractivity contribution < 1.29 is 14.1 Å². The first-order valence-corrected chi connectivity index (χ1v) is 9.83. The molecular formula is C16H23NO3S. The van der Waals surface area contributed by atoms with Crippen LogP contribution >= 0.6 is 10.3 Å². The molecule has 2 aliphatic heterocycles. The average Bonchev–Trinajstić information content (AvgIpc) is 2.42. The maximum absolute atomic E-state index is 12.3. The van der Waals surface area contributed by atoms with Crippen molar-refractivity contribution in [3.05, 3.63) is 29.3 Å². The molecule has 3 rings (SSSR count). The van der Waals surface area contributed by atoms with Crippen molar-refractivity contribution in [2.24, 2.45) is 0 Å². The van der Waals surface area contributed by atoms with Crippen LogP contribution in [0.25, 0.3) is 0 Å². The third kappa shape index (κ3) is 2.53. The fourth-order valence-electron chi connectivity index (χ4n) is 3.16. The molecule has 5 heteroatoms. The lowest BCUT2D eigenvalue weighted by molar-refractivity contribution is -0.137. The van der Waals surface area contributed by atoms with Gasteiger partial charge in [0.05, 0.1) is 6.04 Å². The predicted octanol–water partition coefficient (Wildman–Crippen LogP) is 2.74. The summed E-state index contributed by atoms with van der Waals surface area (Å²) in [6.45, 7) is 2.75. The van der Waals surface area contributed by atoms with E-state index in [1.165, 1.54) is 0 Å². The van der Waals surface area contributed by atoms with Crippen LogP contribution in [0.5, 0.6) is 5.75 Å². The lowest BCUT2D eigenvalue weighted by Gasteiger charge is -2.49. The summed E-state index contributed by atoms with van der Waals surface area (Å²) in [7, 11) is -1.65. The van der Waals surface area contributed by atoms with Crippen molar-refractivity contribution in [2.75, 3.05) is 19.1 Å².